The number of rotatable bonds is 10. The minimum Gasteiger partial charge on any atom is -0.334 e. The maximum absolute atomic E-state index is 2.53. The summed E-state index contributed by atoms with van der Waals surface area (Å²) in [7, 11) is 0. The van der Waals surface area contributed by atoms with Crippen molar-refractivity contribution >= 4 is 39.5 Å². The van der Waals surface area contributed by atoms with Crippen LogP contribution in [-0.4, -0.2) is 6.04 Å². The number of hydrogen-bond acceptors (Lipinski definition) is 2. The minimum atomic E-state index is 0.176. The van der Waals surface area contributed by atoms with Gasteiger partial charge in [-0.2, -0.15) is 0 Å². The van der Waals surface area contributed by atoms with Crippen molar-refractivity contribution in [2.75, 3.05) is 9.80 Å². The van der Waals surface area contributed by atoms with Gasteiger partial charge in [0.05, 0.1) is 6.04 Å². The summed E-state index contributed by atoms with van der Waals surface area (Å²) >= 11 is 0. The van der Waals surface area contributed by atoms with Crippen LogP contribution in [0.1, 0.15) is 54.4 Å². The van der Waals surface area contributed by atoms with E-state index in [1.807, 2.05) is 0 Å². The maximum Gasteiger partial charge on any atom is 0.0560 e. The Bertz CT molecular complexity index is 2520. The molecule has 6 aromatic carbocycles. The summed E-state index contributed by atoms with van der Waals surface area (Å²) in [6.07, 6.45) is 23.5. The SMILES string of the molecule is Cc1cc(N(c2ccc(N(C3=CC=C(c4ccccc4)CC3)c3ccc(-c4ccccc4)cc3)cc2)C2C=CC(c3ccccc3)=CC2)ccc1C1=CC=CCC1. The molecule has 0 saturated carbocycles. The van der Waals surface area contributed by atoms with Crippen LogP contribution in [0.4, 0.5) is 22.7 Å². The highest BCUT2D eigenvalue weighted by molar-refractivity contribution is 5.80. The Morgan fingerprint density at radius 1 is 0.509 bits per heavy atom. The summed E-state index contributed by atoms with van der Waals surface area (Å²) in [6.45, 7) is 2.26. The Balaban J connectivity index is 1.08. The van der Waals surface area contributed by atoms with E-state index in [9.17, 15) is 0 Å². The zero-order valence-electron chi connectivity index (χ0n) is 32.6. The topological polar surface area (TPSA) is 6.48 Å². The molecule has 0 saturated heterocycles. The van der Waals surface area contributed by atoms with Crippen LogP contribution in [0.25, 0.3) is 27.8 Å². The van der Waals surface area contributed by atoms with Gasteiger partial charge in [-0.1, -0.05) is 152 Å². The summed E-state index contributed by atoms with van der Waals surface area (Å²) in [6, 6.07) is 57.6. The Kier molecular flexibility index (Phi) is 10.5. The van der Waals surface area contributed by atoms with Crippen LogP contribution in [-0.2, 0) is 0 Å². The molecule has 6 aromatic rings. The molecule has 1 unspecified atom stereocenters. The van der Waals surface area contributed by atoms with Gasteiger partial charge in [-0.15, -0.1) is 0 Å². The molecule has 0 fully saturated rings. The zero-order chi connectivity index (χ0) is 38.4. The molecule has 9 rings (SSSR count). The first-order valence-electron chi connectivity index (χ1n) is 20.4. The number of anilines is 4. The molecule has 0 spiro atoms. The van der Waals surface area contributed by atoms with Gasteiger partial charge in [0.25, 0.3) is 0 Å². The van der Waals surface area contributed by atoms with Crippen LogP contribution in [0, 0.1) is 6.92 Å². The predicted octanol–water partition coefficient (Wildman–Crippen LogP) is 14.8. The molecule has 57 heavy (non-hydrogen) atoms. The Morgan fingerprint density at radius 2 is 1.12 bits per heavy atom. The lowest BCUT2D eigenvalue weighted by atomic mass is 9.92. The summed E-state index contributed by atoms with van der Waals surface area (Å²) in [5.74, 6) is 0. The third kappa shape index (κ3) is 7.90. The lowest BCUT2D eigenvalue weighted by Crippen LogP contribution is -2.30. The molecule has 0 amide bonds. The van der Waals surface area contributed by atoms with Crippen LogP contribution in [0.15, 0.2) is 212 Å². The molecule has 0 aliphatic heterocycles. The van der Waals surface area contributed by atoms with Gasteiger partial charge in [-0.05, 0) is 144 Å². The van der Waals surface area contributed by atoms with E-state index in [1.54, 1.807) is 0 Å². The summed E-state index contributed by atoms with van der Waals surface area (Å²) < 4.78 is 0. The first-order chi connectivity index (χ1) is 28.2. The fourth-order valence-corrected chi connectivity index (χ4v) is 8.54. The molecule has 0 heterocycles. The van der Waals surface area contributed by atoms with E-state index in [0.717, 1.165) is 43.5 Å². The van der Waals surface area contributed by atoms with Crippen LogP contribution in [0.2, 0.25) is 0 Å². The van der Waals surface area contributed by atoms with Crippen molar-refractivity contribution in [3.8, 4) is 11.1 Å². The average molecular weight is 737 g/mol. The fourth-order valence-electron chi connectivity index (χ4n) is 8.54. The van der Waals surface area contributed by atoms with E-state index >= 15 is 0 Å². The highest BCUT2D eigenvalue weighted by atomic mass is 15.2. The van der Waals surface area contributed by atoms with E-state index in [2.05, 4.69) is 223 Å². The lowest BCUT2D eigenvalue weighted by molar-refractivity contribution is 0.786. The monoisotopic (exact) mass is 736 g/mol. The molecule has 0 bridgehead atoms. The Labute approximate surface area is 338 Å². The molecule has 3 aliphatic carbocycles. The van der Waals surface area contributed by atoms with Crippen molar-refractivity contribution in [3.05, 3.63) is 234 Å². The summed E-state index contributed by atoms with van der Waals surface area (Å²) in [5, 5.41) is 0. The molecule has 2 heteroatoms. The molecular weight excluding hydrogens is 689 g/mol. The molecule has 1 atom stereocenters. The van der Waals surface area contributed by atoms with Crippen molar-refractivity contribution in [3.63, 3.8) is 0 Å². The van der Waals surface area contributed by atoms with Crippen molar-refractivity contribution in [2.24, 2.45) is 0 Å². The highest BCUT2D eigenvalue weighted by Crippen LogP contribution is 2.40. The number of benzene rings is 6. The smallest absolute Gasteiger partial charge is 0.0560 e. The molecular formula is C55H48N2. The normalized spacial score (nSPS) is 16.3. The number of nitrogens with zero attached hydrogens (tertiary/aromatic N) is 2. The summed E-state index contributed by atoms with van der Waals surface area (Å²) in [5.41, 5.74) is 17.8. The van der Waals surface area contributed by atoms with Gasteiger partial charge in [0.2, 0.25) is 0 Å². The van der Waals surface area contributed by atoms with Crippen LogP contribution in [0.3, 0.4) is 0 Å². The highest BCUT2D eigenvalue weighted by Gasteiger charge is 2.24. The van der Waals surface area contributed by atoms with E-state index in [0.29, 0.717) is 0 Å². The molecule has 278 valence electrons. The van der Waals surface area contributed by atoms with Gasteiger partial charge in [0, 0.05) is 28.4 Å². The minimum absolute atomic E-state index is 0.176. The van der Waals surface area contributed by atoms with E-state index in [-0.39, 0.29) is 6.04 Å². The van der Waals surface area contributed by atoms with Gasteiger partial charge in [-0.25, -0.2) is 0 Å². The number of hydrogen-bond donors (Lipinski definition) is 0. The van der Waals surface area contributed by atoms with Crippen LogP contribution >= 0.6 is 0 Å². The number of aryl methyl sites for hydroxylation is 1. The van der Waals surface area contributed by atoms with Crippen LogP contribution in [0.5, 0.6) is 0 Å². The molecule has 2 nitrogen and oxygen atoms in total. The standard InChI is InChI=1S/C55H48N2/c1-41-40-54(38-39-55(41)48-20-12-5-13-21-48)57(51-32-26-47(27-33-51)44-18-10-4-11-19-44)53-36-34-52(35-37-53)56(49-28-22-45(23-29-49)42-14-6-2-7-15-42)50-30-24-46(25-31-50)43-16-8-3-9-17-43/h2-12,14-20,22-24,26-30,32,34-40,51H,13,21,25,31,33H2,1H3. The van der Waals surface area contributed by atoms with Gasteiger partial charge in [0.1, 0.15) is 0 Å². The van der Waals surface area contributed by atoms with Gasteiger partial charge >= 0.3 is 0 Å². The van der Waals surface area contributed by atoms with Crippen molar-refractivity contribution in [1.82, 2.24) is 0 Å². The predicted molar refractivity (Wildman–Crippen MR) is 244 cm³/mol. The number of allylic oxidation sites excluding steroid dienone is 10. The van der Waals surface area contributed by atoms with E-state index in [1.165, 1.54) is 67.2 Å². The summed E-state index contributed by atoms with van der Waals surface area (Å²) in [4.78, 5) is 4.97. The van der Waals surface area contributed by atoms with Gasteiger partial charge in [0.15, 0.2) is 0 Å². The maximum atomic E-state index is 2.53. The van der Waals surface area contributed by atoms with Crippen molar-refractivity contribution in [1.29, 1.82) is 0 Å². The third-order valence-corrected chi connectivity index (χ3v) is 11.5. The molecule has 0 aromatic heterocycles. The largest absolute Gasteiger partial charge is 0.334 e. The lowest BCUT2D eigenvalue weighted by Gasteiger charge is -2.35. The fraction of sp³-hybridized carbons (Fsp3) is 0.127. The van der Waals surface area contributed by atoms with Crippen molar-refractivity contribution in [2.45, 2.75) is 45.1 Å². The van der Waals surface area contributed by atoms with Gasteiger partial charge < -0.3 is 9.80 Å². The average Bonchev–Trinajstić information content (AvgIpc) is 3.29. The molecule has 3 aliphatic rings. The Morgan fingerprint density at radius 3 is 1.72 bits per heavy atom. The second-order valence-corrected chi connectivity index (χ2v) is 15.2. The third-order valence-electron chi connectivity index (χ3n) is 11.5. The first-order valence-corrected chi connectivity index (χ1v) is 20.4. The second-order valence-electron chi connectivity index (χ2n) is 15.2. The van der Waals surface area contributed by atoms with E-state index in [4.69, 9.17) is 0 Å². The molecule has 0 radical (unpaired) electrons. The quantitative estimate of drug-likeness (QED) is 0.138. The molecule has 0 N–H and O–H groups in total. The van der Waals surface area contributed by atoms with Crippen molar-refractivity contribution < 1.29 is 0 Å². The second kappa shape index (κ2) is 16.6. The van der Waals surface area contributed by atoms with Gasteiger partial charge in [-0.3, -0.25) is 0 Å². The Hall–Kier alpha value is -6.64. The zero-order valence-corrected chi connectivity index (χ0v) is 32.6. The van der Waals surface area contributed by atoms with Crippen LogP contribution < -0.4 is 9.80 Å². The van der Waals surface area contributed by atoms with E-state index < -0.39 is 0 Å². The first kappa shape index (κ1) is 36.0.